The van der Waals surface area contributed by atoms with Crippen LogP contribution >= 0.6 is 0 Å². The summed E-state index contributed by atoms with van der Waals surface area (Å²) in [5.41, 5.74) is 1.76. The van der Waals surface area contributed by atoms with Gasteiger partial charge in [-0.25, -0.2) is 9.18 Å². The summed E-state index contributed by atoms with van der Waals surface area (Å²) in [6.07, 6.45) is 1.76. The first-order chi connectivity index (χ1) is 15.9. The average Bonchev–Trinajstić information content (AvgIpc) is 3.38. The molecule has 9 nitrogen and oxygen atoms in total. The molecule has 166 valence electrons. The van der Waals surface area contributed by atoms with Crippen molar-refractivity contribution < 1.29 is 13.9 Å². The number of imidazole rings is 2. The van der Waals surface area contributed by atoms with Crippen LogP contribution < -0.4 is 20.7 Å². The van der Waals surface area contributed by atoms with Crippen molar-refractivity contribution in [3.63, 3.8) is 0 Å². The molecule has 0 fully saturated rings. The fourth-order valence-corrected chi connectivity index (χ4v) is 4.22. The molecule has 0 atom stereocenters. The van der Waals surface area contributed by atoms with E-state index in [0.717, 1.165) is 10.1 Å². The van der Waals surface area contributed by atoms with Crippen molar-refractivity contribution in [2.75, 3.05) is 13.2 Å². The number of fused-ring (bicyclic) bond motifs is 4. The molecule has 1 aliphatic heterocycles. The predicted molar refractivity (Wildman–Crippen MR) is 119 cm³/mol. The van der Waals surface area contributed by atoms with E-state index in [1.165, 1.54) is 23.7 Å². The molecule has 5 aromatic rings. The van der Waals surface area contributed by atoms with Crippen molar-refractivity contribution in [3.8, 4) is 28.4 Å². The first kappa shape index (κ1) is 19.4. The van der Waals surface area contributed by atoms with Gasteiger partial charge in [0.05, 0.1) is 11.4 Å². The zero-order chi connectivity index (χ0) is 22.9. The molecule has 0 N–H and O–H groups in total. The van der Waals surface area contributed by atoms with E-state index in [0.29, 0.717) is 41.9 Å². The first-order valence-corrected chi connectivity index (χ1v) is 10.3. The van der Waals surface area contributed by atoms with Gasteiger partial charge in [0.15, 0.2) is 22.7 Å². The molecular formula is C23H18FN5O4. The van der Waals surface area contributed by atoms with Crippen LogP contribution in [0.2, 0.25) is 0 Å². The van der Waals surface area contributed by atoms with E-state index in [1.54, 1.807) is 29.8 Å². The second-order valence-electron chi connectivity index (χ2n) is 7.84. The Balaban J connectivity index is 1.73. The number of nitrogens with zero attached hydrogens (tertiary/aromatic N) is 5. The SMILES string of the molecule is Cn1c(=O)c2c(nc3n(-c4ccc5c(c4)OCCO5)c(-c4ccc(F)cc4)cn23)n(C)c1=O. The third-order valence-corrected chi connectivity index (χ3v) is 5.89. The lowest BCUT2D eigenvalue weighted by atomic mass is 10.1. The van der Waals surface area contributed by atoms with E-state index in [1.807, 2.05) is 22.8 Å². The van der Waals surface area contributed by atoms with E-state index < -0.39 is 11.2 Å². The minimum Gasteiger partial charge on any atom is -0.486 e. The largest absolute Gasteiger partial charge is 0.486 e. The molecule has 0 radical (unpaired) electrons. The highest BCUT2D eigenvalue weighted by molar-refractivity contribution is 5.79. The average molecular weight is 447 g/mol. The Hall–Kier alpha value is -4.34. The second kappa shape index (κ2) is 6.83. The van der Waals surface area contributed by atoms with Crippen LogP contribution in [0, 0.1) is 5.82 Å². The third-order valence-electron chi connectivity index (χ3n) is 5.89. The normalized spacial score (nSPS) is 13.2. The van der Waals surface area contributed by atoms with Crippen molar-refractivity contribution >= 4 is 16.9 Å². The maximum atomic E-state index is 13.6. The van der Waals surface area contributed by atoms with Gasteiger partial charge in [-0.1, -0.05) is 0 Å². The number of rotatable bonds is 2. The highest BCUT2D eigenvalue weighted by Crippen LogP contribution is 2.35. The van der Waals surface area contributed by atoms with Crippen LogP contribution in [0.15, 0.2) is 58.3 Å². The number of benzene rings is 2. The predicted octanol–water partition coefficient (Wildman–Crippen LogP) is 2.25. The Bertz CT molecular complexity index is 1690. The van der Waals surface area contributed by atoms with Crippen LogP contribution in [0.25, 0.3) is 33.9 Å². The molecule has 4 heterocycles. The van der Waals surface area contributed by atoms with E-state index >= 15 is 0 Å². The second-order valence-corrected chi connectivity index (χ2v) is 7.84. The van der Waals surface area contributed by atoms with Gasteiger partial charge in [-0.05, 0) is 36.4 Å². The lowest BCUT2D eigenvalue weighted by Crippen LogP contribution is -2.37. The van der Waals surface area contributed by atoms with Gasteiger partial charge in [0.1, 0.15) is 19.0 Å². The number of halogens is 1. The van der Waals surface area contributed by atoms with Gasteiger partial charge in [-0.2, -0.15) is 4.98 Å². The number of hydrogen-bond acceptors (Lipinski definition) is 5. The molecule has 0 amide bonds. The highest BCUT2D eigenvalue weighted by Gasteiger charge is 2.23. The molecule has 0 unspecified atom stereocenters. The quantitative estimate of drug-likeness (QED) is 0.415. The summed E-state index contributed by atoms with van der Waals surface area (Å²) in [7, 11) is 3.01. The van der Waals surface area contributed by atoms with Gasteiger partial charge in [0.2, 0.25) is 5.78 Å². The van der Waals surface area contributed by atoms with E-state index in [4.69, 9.17) is 9.47 Å². The summed E-state index contributed by atoms with van der Waals surface area (Å²) >= 11 is 0. The number of aromatic nitrogens is 5. The summed E-state index contributed by atoms with van der Waals surface area (Å²) in [5.74, 6) is 1.31. The van der Waals surface area contributed by atoms with Gasteiger partial charge < -0.3 is 9.47 Å². The van der Waals surface area contributed by atoms with E-state index in [-0.39, 0.29) is 17.0 Å². The third kappa shape index (κ3) is 2.73. The Labute approximate surface area is 185 Å². The summed E-state index contributed by atoms with van der Waals surface area (Å²) < 4.78 is 30.9. The number of ether oxygens (including phenoxy) is 2. The molecule has 0 saturated heterocycles. The van der Waals surface area contributed by atoms with Gasteiger partial charge >= 0.3 is 5.69 Å². The zero-order valence-electron chi connectivity index (χ0n) is 17.8. The van der Waals surface area contributed by atoms with Crippen LogP contribution in [-0.2, 0) is 14.1 Å². The number of aryl methyl sites for hydroxylation is 1. The van der Waals surface area contributed by atoms with Gasteiger partial charge in [-0.3, -0.25) is 22.9 Å². The molecule has 0 saturated carbocycles. The monoisotopic (exact) mass is 447 g/mol. The number of hydrogen-bond donors (Lipinski definition) is 0. The van der Waals surface area contributed by atoms with Crippen LogP contribution in [0.3, 0.4) is 0 Å². The molecule has 0 aliphatic carbocycles. The Morgan fingerprint density at radius 1 is 0.939 bits per heavy atom. The molecule has 6 rings (SSSR count). The van der Waals surface area contributed by atoms with Crippen molar-refractivity contribution in [1.82, 2.24) is 23.1 Å². The minimum absolute atomic E-state index is 0.272. The topological polar surface area (TPSA) is 84.7 Å². The fourth-order valence-electron chi connectivity index (χ4n) is 4.22. The van der Waals surface area contributed by atoms with Crippen LogP contribution in [0.4, 0.5) is 4.39 Å². The van der Waals surface area contributed by atoms with E-state index in [2.05, 4.69) is 4.98 Å². The van der Waals surface area contributed by atoms with Gasteiger partial charge in [0, 0.05) is 31.9 Å². The lowest BCUT2D eigenvalue weighted by Gasteiger charge is -2.19. The van der Waals surface area contributed by atoms with Gasteiger partial charge in [0.25, 0.3) is 5.56 Å². The maximum Gasteiger partial charge on any atom is 0.332 e. The van der Waals surface area contributed by atoms with Crippen LogP contribution in [-0.4, -0.2) is 36.3 Å². The zero-order valence-corrected chi connectivity index (χ0v) is 17.8. The smallest absolute Gasteiger partial charge is 0.332 e. The summed E-state index contributed by atoms with van der Waals surface area (Å²) in [5, 5.41) is 0. The highest BCUT2D eigenvalue weighted by atomic mass is 19.1. The summed E-state index contributed by atoms with van der Waals surface area (Å²) in [6.45, 7) is 0.914. The molecule has 10 heteroatoms. The molecule has 33 heavy (non-hydrogen) atoms. The Morgan fingerprint density at radius 3 is 2.42 bits per heavy atom. The van der Waals surface area contributed by atoms with Crippen molar-refractivity contribution in [2.24, 2.45) is 14.1 Å². The lowest BCUT2D eigenvalue weighted by molar-refractivity contribution is 0.171. The fraction of sp³-hybridized carbons (Fsp3) is 0.174. The molecule has 0 spiro atoms. The van der Waals surface area contributed by atoms with Crippen molar-refractivity contribution in [3.05, 3.63) is 75.3 Å². The maximum absolute atomic E-state index is 13.6. The summed E-state index contributed by atoms with van der Waals surface area (Å²) in [4.78, 5) is 30.1. The first-order valence-electron chi connectivity index (χ1n) is 10.3. The molecular weight excluding hydrogens is 429 g/mol. The molecule has 1 aliphatic rings. The van der Waals surface area contributed by atoms with Crippen LogP contribution in [0.5, 0.6) is 11.5 Å². The summed E-state index contributed by atoms with van der Waals surface area (Å²) in [6, 6.07) is 11.6. The van der Waals surface area contributed by atoms with Crippen molar-refractivity contribution in [2.45, 2.75) is 0 Å². The molecule has 2 aromatic carbocycles. The molecule has 0 bridgehead atoms. The molecule has 3 aromatic heterocycles. The van der Waals surface area contributed by atoms with E-state index in [9.17, 15) is 14.0 Å². The Morgan fingerprint density at radius 2 is 1.67 bits per heavy atom. The Kier molecular flexibility index (Phi) is 4.00. The van der Waals surface area contributed by atoms with Crippen LogP contribution in [0.1, 0.15) is 0 Å². The van der Waals surface area contributed by atoms with Crippen molar-refractivity contribution in [1.29, 1.82) is 0 Å². The standard InChI is InChI=1S/C23H18FN5O4/c1-26-20-19(21(30)27(2)23(26)31)28-12-16(13-3-5-14(24)6-4-13)29(22(28)25-20)15-7-8-17-18(11-15)33-10-9-32-17/h3-8,11-12H,9-10H2,1-2H3. The minimum atomic E-state index is -0.460. The van der Waals surface area contributed by atoms with Gasteiger partial charge in [-0.15, -0.1) is 0 Å².